The van der Waals surface area contributed by atoms with Gasteiger partial charge in [-0.15, -0.1) is 0 Å². The summed E-state index contributed by atoms with van der Waals surface area (Å²) in [4.78, 5) is 23.1. The Hall–Kier alpha value is -2.35. The number of carbonyl (C=O) groups is 2. The first-order valence-electron chi connectivity index (χ1n) is 6.71. The number of anilines is 1. The average molecular weight is 341 g/mol. The molecule has 1 aromatic rings. The van der Waals surface area contributed by atoms with E-state index in [0.29, 0.717) is 5.69 Å². The Morgan fingerprint density at radius 2 is 1.83 bits per heavy atom. The maximum Gasteiger partial charge on any atom is 0.354 e. The monoisotopic (exact) mass is 341 g/mol. The van der Waals surface area contributed by atoms with Crippen LogP contribution in [0.4, 0.5) is 5.69 Å². The highest BCUT2D eigenvalue weighted by molar-refractivity contribution is 7.92. The van der Waals surface area contributed by atoms with Gasteiger partial charge in [0.2, 0.25) is 0 Å². The third-order valence-electron chi connectivity index (χ3n) is 2.93. The molecule has 0 heterocycles. The van der Waals surface area contributed by atoms with Crippen LogP contribution in [-0.2, 0) is 28.9 Å². The molecule has 0 radical (unpaired) electrons. The van der Waals surface area contributed by atoms with E-state index in [1.54, 1.807) is 19.9 Å². The van der Waals surface area contributed by atoms with Crippen LogP contribution in [0.5, 0.6) is 0 Å². The van der Waals surface area contributed by atoms with Crippen molar-refractivity contribution >= 4 is 27.5 Å². The molecule has 0 bridgehead atoms. The fraction of sp³-hybridized carbons (Fsp3) is 0.333. The van der Waals surface area contributed by atoms with Gasteiger partial charge in [0.05, 0.1) is 30.4 Å². The fourth-order valence-corrected chi connectivity index (χ4v) is 2.72. The summed E-state index contributed by atoms with van der Waals surface area (Å²) < 4.78 is 33.4. The number of sulfone groups is 1. The normalized spacial score (nSPS) is 12.0. The zero-order valence-corrected chi connectivity index (χ0v) is 14.1. The average Bonchev–Trinajstić information content (AvgIpc) is 2.53. The zero-order chi connectivity index (χ0) is 17.6. The highest BCUT2D eigenvalue weighted by Gasteiger charge is 2.20. The van der Waals surface area contributed by atoms with Crippen LogP contribution >= 0.6 is 0 Å². The predicted octanol–water partition coefficient (Wildman–Crippen LogP) is 1.51. The molecule has 0 aromatic heterocycles. The third-order valence-corrected chi connectivity index (χ3v) is 5.08. The van der Waals surface area contributed by atoms with Crippen molar-refractivity contribution in [2.24, 2.45) is 0 Å². The van der Waals surface area contributed by atoms with Crippen LogP contribution in [0.1, 0.15) is 13.8 Å². The van der Waals surface area contributed by atoms with E-state index in [0.717, 1.165) is 13.2 Å². The third kappa shape index (κ3) is 4.82. The SMILES string of the molecule is COC(=O)/C=C(/Nc1cccc(S(=O)(=O)C(C)C)c1)C(=O)OC. The molecule has 8 heteroatoms. The number of hydrogen-bond acceptors (Lipinski definition) is 7. The van der Waals surface area contributed by atoms with Gasteiger partial charge >= 0.3 is 11.9 Å². The van der Waals surface area contributed by atoms with Gasteiger partial charge in [0.1, 0.15) is 5.70 Å². The van der Waals surface area contributed by atoms with E-state index < -0.39 is 27.0 Å². The summed E-state index contributed by atoms with van der Waals surface area (Å²) in [5.74, 6) is -1.53. The maximum absolute atomic E-state index is 12.2. The van der Waals surface area contributed by atoms with Gasteiger partial charge in [-0.1, -0.05) is 6.07 Å². The van der Waals surface area contributed by atoms with E-state index in [-0.39, 0.29) is 10.6 Å². The summed E-state index contributed by atoms with van der Waals surface area (Å²) in [6.45, 7) is 3.15. The van der Waals surface area contributed by atoms with E-state index in [1.165, 1.54) is 25.3 Å². The van der Waals surface area contributed by atoms with Gasteiger partial charge in [0.25, 0.3) is 0 Å². The first-order valence-corrected chi connectivity index (χ1v) is 8.26. The van der Waals surface area contributed by atoms with Gasteiger partial charge < -0.3 is 14.8 Å². The molecule has 0 fully saturated rings. The lowest BCUT2D eigenvalue weighted by molar-refractivity contribution is -0.138. The van der Waals surface area contributed by atoms with Crippen molar-refractivity contribution in [3.8, 4) is 0 Å². The van der Waals surface area contributed by atoms with Gasteiger partial charge in [0, 0.05) is 5.69 Å². The standard InChI is InChI=1S/C15H19NO6S/c1-10(2)23(19,20)12-7-5-6-11(8-12)16-13(15(18)22-4)9-14(17)21-3/h5-10,16H,1-4H3/b13-9+. The molecule has 0 spiro atoms. The summed E-state index contributed by atoms with van der Waals surface area (Å²) in [5, 5.41) is 2.09. The molecule has 0 saturated heterocycles. The largest absolute Gasteiger partial charge is 0.466 e. The summed E-state index contributed by atoms with van der Waals surface area (Å²) in [6, 6.07) is 5.93. The fourth-order valence-electron chi connectivity index (χ4n) is 1.61. The molecule has 0 saturated carbocycles. The number of benzene rings is 1. The second-order valence-electron chi connectivity index (χ2n) is 4.82. The highest BCUT2D eigenvalue weighted by atomic mass is 32.2. The molecular formula is C15H19NO6S. The minimum absolute atomic E-state index is 0.111. The lowest BCUT2D eigenvalue weighted by Gasteiger charge is -2.12. The summed E-state index contributed by atoms with van der Waals surface area (Å²) in [5.41, 5.74) is 0.158. The van der Waals surface area contributed by atoms with Crippen LogP contribution in [0.3, 0.4) is 0 Å². The van der Waals surface area contributed by atoms with E-state index >= 15 is 0 Å². The molecule has 23 heavy (non-hydrogen) atoms. The van der Waals surface area contributed by atoms with Gasteiger partial charge in [-0.25, -0.2) is 18.0 Å². The molecule has 7 nitrogen and oxygen atoms in total. The number of carbonyl (C=O) groups excluding carboxylic acids is 2. The number of nitrogens with one attached hydrogen (secondary N) is 1. The van der Waals surface area contributed by atoms with Crippen molar-refractivity contribution in [3.05, 3.63) is 36.0 Å². The van der Waals surface area contributed by atoms with Gasteiger partial charge in [0.15, 0.2) is 9.84 Å². The van der Waals surface area contributed by atoms with Gasteiger partial charge in [-0.2, -0.15) is 0 Å². The molecule has 0 aliphatic carbocycles. The van der Waals surface area contributed by atoms with Crippen LogP contribution in [-0.4, -0.2) is 39.8 Å². The summed E-state index contributed by atoms with van der Waals surface area (Å²) in [7, 11) is -1.12. The second kappa shape index (κ2) is 7.77. The molecule has 1 rings (SSSR count). The molecule has 0 aliphatic heterocycles. The van der Waals surface area contributed by atoms with Crippen molar-refractivity contribution in [2.75, 3.05) is 19.5 Å². The highest BCUT2D eigenvalue weighted by Crippen LogP contribution is 2.21. The van der Waals surface area contributed by atoms with Crippen molar-refractivity contribution in [1.82, 2.24) is 0 Å². The first kappa shape index (κ1) is 18.7. The van der Waals surface area contributed by atoms with Crippen molar-refractivity contribution in [3.63, 3.8) is 0 Å². The molecule has 1 aromatic carbocycles. The second-order valence-corrected chi connectivity index (χ2v) is 7.32. The Morgan fingerprint density at radius 1 is 1.17 bits per heavy atom. The predicted molar refractivity (Wildman–Crippen MR) is 84.5 cm³/mol. The number of ether oxygens (including phenoxy) is 2. The maximum atomic E-state index is 12.2. The number of esters is 2. The number of methoxy groups -OCH3 is 2. The minimum atomic E-state index is -3.46. The molecule has 0 unspecified atom stereocenters. The molecule has 126 valence electrons. The molecule has 0 amide bonds. The van der Waals surface area contributed by atoms with E-state index in [2.05, 4.69) is 14.8 Å². The Bertz CT molecular complexity index is 721. The van der Waals surface area contributed by atoms with Crippen LogP contribution in [0, 0.1) is 0 Å². The Kier molecular flexibility index (Phi) is 6.32. The van der Waals surface area contributed by atoms with Crippen LogP contribution < -0.4 is 5.32 Å². The molecule has 1 N–H and O–H groups in total. The van der Waals surface area contributed by atoms with Crippen LogP contribution in [0.15, 0.2) is 40.9 Å². The van der Waals surface area contributed by atoms with Crippen molar-refractivity contribution in [1.29, 1.82) is 0 Å². The van der Waals surface area contributed by atoms with Gasteiger partial charge in [-0.05, 0) is 32.0 Å². The van der Waals surface area contributed by atoms with E-state index in [9.17, 15) is 18.0 Å². The summed E-state index contributed by atoms with van der Waals surface area (Å²) in [6.07, 6.45) is 0.926. The quantitative estimate of drug-likeness (QED) is 0.618. The minimum Gasteiger partial charge on any atom is -0.466 e. The zero-order valence-electron chi connectivity index (χ0n) is 13.3. The van der Waals surface area contributed by atoms with E-state index in [4.69, 9.17) is 0 Å². The Labute approximate surface area is 135 Å². The van der Waals surface area contributed by atoms with Crippen molar-refractivity contribution < 1.29 is 27.5 Å². The lowest BCUT2D eigenvalue weighted by atomic mass is 10.3. The Morgan fingerprint density at radius 3 is 2.35 bits per heavy atom. The molecule has 0 aliphatic rings. The topological polar surface area (TPSA) is 98.8 Å². The lowest BCUT2D eigenvalue weighted by Crippen LogP contribution is -2.17. The smallest absolute Gasteiger partial charge is 0.354 e. The summed E-state index contributed by atoms with van der Waals surface area (Å²) >= 11 is 0. The first-order chi connectivity index (χ1) is 10.7. The number of hydrogen-bond donors (Lipinski definition) is 1. The molecule has 0 atom stereocenters. The van der Waals surface area contributed by atoms with Crippen LogP contribution in [0.2, 0.25) is 0 Å². The van der Waals surface area contributed by atoms with E-state index in [1.807, 2.05) is 0 Å². The van der Waals surface area contributed by atoms with Crippen LogP contribution in [0.25, 0.3) is 0 Å². The van der Waals surface area contributed by atoms with Gasteiger partial charge in [-0.3, -0.25) is 0 Å². The number of rotatable bonds is 6. The Balaban J connectivity index is 3.19. The molecular weight excluding hydrogens is 322 g/mol. The van der Waals surface area contributed by atoms with Crippen molar-refractivity contribution in [2.45, 2.75) is 24.0 Å².